The quantitative estimate of drug-likeness (QED) is 0.162. The summed E-state index contributed by atoms with van der Waals surface area (Å²) in [6, 6.07) is 55.2. The van der Waals surface area contributed by atoms with E-state index in [4.69, 9.17) is 8.83 Å². The number of aryl methyl sites for hydroxylation is 2. The first-order valence-electron chi connectivity index (χ1n) is 15.9. The summed E-state index contributed by atoms with van der Waals surface area (Å²) >= 11 is 0. The van der Waals surface area contributed by atoms with Gasteiger partial charge >= 0.3 is 31.1 Å². The number of fused-ring (bicyclic) bond motifs is 6. The van der Waals surface area contributed by atoms with E-state index in [1.807, 2.05) is 42.5 Å². The molecule has 0 bridgehead atoms. The molecule has 3 nitrogen and oxygen atoms in total. The molecule has 0 aliphatic heterocycles. The van der Waals surface area contributed by atoms with Crippen molar-refractivity contribution in [3.63, 3.8) is 0 Å². The number of nitrogens with zero attached hydrogens (tertiary/aromatic N) is 1. The van der Waals surface area contributed by atoms with Gasteiger partial charge < -0.3 is 13.7 Å². The molecule has 0 saturated carbocycles. The molecule has 0 atom stereocenters. The number of anilines is 3. The molecule has 2 heterocycles. The van der Waals surface area contributed by atoms with Crippen LogP contribution in [0.3, 0.4) is 0 Å². The Balaban J connectivity index is 0.00000336. The van der Waals surface area contributed by atoms with E-state index < -0.39 is 0 Å². The molecular formula is C44H29NO2U. The van der Waals surface area contributed by atoms with Crippen LogP contribution >= 0.6 is 0 Å². The van der Waals surface area contributed by atoms with E-state index in [2.05, 4.69) is 128 Å². The Morgan fingerprint density at radius 3 is 2.02 bits per heavy atom. The van der Waals surface area contributed by atoms with Crippen molar-refractivity contribution >= 4 is 60.9 Å². The first kappa shape index (κ1) is 30.3. The molecule has 4 heteroatoms. The molecule has 9 aromatic rings. The molecule has 0 saturated heterocycles. The Labute approximate surface area is 302 Å². The Morgan fingerprint density at radius 1 is 0.542 bits per heavy atom. The van der Waals surface area contributed by atoms with Crippen molar-refractivity contribution in [2.45, 2.75) is 13.8 Å². The number of para-hydroxylation sites is 3. The van der Waals surface area contributed by atoms with Gasteiger partial charge in [0.25, 0.3) is 0 Å². The summed E-state index contributed by atoms with van der Waals surface area (Å²) < 4.78 is 13.5. The van der Waals surface area contributed by atoms with Gasteiger partial charge in [-0.3, -0.25) is 0 Å². The average molecular weight is 842 g/mol. The summed E-state index contributed by atoms with van der Waals surface area (Å²) in [5.74, 6) is 0. The zero-order valence-electron chi connectivity index (χ0n) is 26.5. The van der Waals surface area contributed by atoms with Crippen LogP contribution in [0.2, 0.25) is 0 Å². The van der Waals surface area contributed by atoms with Gasteiger partial charge in [0.05, 0.1) is 11.4 Å². The van der Waals surface area contributed by atoms with Crippen LogP contribution in [0, 0.1) is 57.1 Å². The number of hydrogen-bond acceptors (Lipinski definition) is 3. The third-order valence-electron chi connectivity index (χ3n) is 9.21. The van der Waals surface area contributed by atoms with Crippen LogP contribution in [-0.2, 0) is 0 Å². The normalized spacial score (nSPS) is 11.4. The van der Waals surface area contributed by atoms with E-state index in [9.17, 15) is 0 Å². The van der Waals surface area contributed by atoms with Crippen molar-refractivity contribution in [2.24, 2.45) is 0 Å². The number of benzene rings is 7. The van der Waals surface area contributed by atoms with E-state index in [1.165, 1.54) is 16.7 Å². The zero-order valence-corrected chi connectivity index (χ0v) is 30.7. The van der Waals surface area contributed by atoms with Crippen LogP contribution in [0.15, 0.2) is 148 Å². The van der Waals surface area contributed by atoms with Crippen molar-refractivity contribution in [1.29, 1.82) is 0 Å². The molecule has 0 fully saturated rings. The molecule has 0 amide bonds. The third kappa shape index (κ3) is 4.87. The molecule has 0 N–H and O–H groups in total. The Kier molecular flexibility index (Phi) is 7.72. The Bertz CT molecular complexity index is 2610. The molecule has 48 heavy (non-hydrogen) atoms. The molecule has 9 rings (SSSR count). The molecule has 0 aliphatic carbocycles. The molecule has 0 aliphatic rings. The minimum atomic E-state index is 0. The summed E-state index contributed by atoms with van der Waals surface area (Å²) in [5, 5.41) is 4.34. The molecule has 0 unspecified atom stereocenters. The molecule has 0 radical (unpaired) electrons. The molecule has 226 valence electrons. The smallest absolute Gasteiger partial charge is 0.454 e. The van der Waals surface area contributed by atoms with Crippen LogP contribution in [0.1, 0.15) is 11.1 Å². The Hall–Kier alpha value is -5.01. The van der Waals surface area contributed by atoms with Gasteiger partial charge in [0.2, 0.25) is 0 Å². The van der Waals surface area contributed by atoms with Gasteiger partial charge in [0.1, 0.15) is 11.2 Å². The number of rotatable bonds is 5. The molecule has 0 spiro atoms. The van der Waals surface area contributed by atoms with Crippen molar-refractivity contribution in [1.82, 2.24) is 0 Å². The van der Waals surface area contributed by atoms with Crippen molar-refractivity contribution in [3.8, 4) is 22.3 Å². The van der Waals surface area contributed by atoms with Crippen LogP contribution in [-0.4, -0.2) is 0 Å². The maximum atomic E-state index is 6.80. The summed E-state index contributed by atoms with van der Waals surface area (Å²) in [7, 11) is 0. The monoisotopic (exact) mass is 841 g/mol. The summed E-state index contributed by atoms with van der Waals surface area (Å²) in [4.78, 5) is 2.25. The van der Waals surface area contributed by atoms with Crippen LogP contribution < -0.4 is 4.90 Å². The third-order valence-corrected chi connectivity index (χ3v) is 9.21. The predicted molar refractivity (Wildman–Crippen MR) is 194 cm³/mol. The van der Waals surface area contributed by atoms with Gasteiger partial charge in [-0.05, 0) is 66.1 Å². The van der Waals surface area contributed by atoms with Crippen LogP contribution in [0.4, 0.5) is 17.1 Å². The van der Waals surface area contributed by atoms with E-state index in [0.717, 1.165) is 77.6 Å². The van der Waals surface area contributed by atoms with Gasteiger partial charge in [-0.15, -0.1) is 12.1 Å². The molecule has 7 aromatic carbocycles. The first-order chi connectivity index (χ1) is 23.2. The van der Waals surface area contributed by atoms with Crippen molar-refractivity contribution in [3.05, 3.63) is 163 Å². The maximum Gasteiger partial charge on any atom is 2.00 e. The summed E-state index contributed by atoms with van der Waals surface area (Å²) in [5.41, 5.74) is 12.7. The van der Waals surface area contributed by atoms with Gasteiger partial charge in [-0.2, -0.15) is 42.5 Å². The van der Waals surface area contributed by atoms with Gasteiger partial charge in [0, 0.05) is 21.5 Å². The summed E-state index contributed by atoms with van der Waals surface area (Å²) in [6.45, 7) is 4.38. The maximum absolute atomic E-state index is 6.80. The fourth-order valence-corrected chi connectivity index (χ4v) is 6.97. The minimum absolute atomic E-state index is 0. The Morgan fingerprint density at radius 2 is 1.21 bits per heavy atom. The minimum Gasteiger partial charge on any atom is -0.454 e. The standard InChI is InChI=1S/C44H29NO2.U/c1-28-14-6-7-19-33(28)37-27-39(44-42(29(37)2)36-21-9-11-25-41(36)47-44)45(32-18-12-17-31(26-32)30-15-4-3-5-16-30)38-23-13-22-35-34-20-8-10-24-40(34)46-43(35)38;/h3-15,17-25,27H,1-2H3;/q-2;+2. The number of furan rings is 2. The van der Waals surface area contributed by atoms with E-state index in [1.54, 1.807) is 0 Å². The largest absolute Gasteiger partial charge is 2.00 e. The van der Waals surface area contributed by atoms with Gasteiger partial charge in [-0.25, -0.2) is 11.1 Å². The van der Waals surface area contributed by atoms with E-state index in [-0.39, 0.29) is 31.1 Å². The van der Waals surface area contributed by atoms with E-state index in [0.29, 0.717) is 0 Å². The second-order valence-corrected chi connectivity index (χ2v) is 12.0. The molecular weight excluding hydrogens is 813 g/mol. The topological polar surface area (TPSA) is 29.5 Å². The predicted octanol–water partition coefficient (Wildman–Crippen LogP) is 12.5. The zero-order chi connectivity index (χ0) is 31.5. The average Bonchev–Trinajstić information content (AvgIpc) is 3.70. The molecule has 2 aromatic heterocycles. The number of hydrogen-bond donors (Lipinski definition) is 0. The van der Waals surface area contributed by atoms with Crippen molar-refractivity contribution < 1.29 is 39.9 Å². The second kappa shape index (κ2) is 12.2. The second-order valence-electron chi connectivity index (χ2n) is 12.0. The van der Waals surface area contributed by atoms with Gasteiger partial charge in [-0.1, -0.05) is 72.8 Å². The van der Waals surface area contributed by atoms with Crippen molar-refractivity contribution in [2.75, 3.05) is 4.90 Å². The SMILES string of the molecule is Cc1ccccc1-c1cc(N(c2[c-]c(-c3[c-]cccc3)ccc2)c2cccc3c2oc2ccccc23)c2oc3ccccc3c2c1C.[U+2]. The van der Waals surface area contributed by atoms with Gasteiger partial charge in [0.15, 0.2) is 11.2 Å². The first-order valence-corrected chi connectivity index (χ1v) is 15.9. The van der Waals surface area contributed by atoms with Crippen LogP contribution in [0.5, 0.6) is 0 Å². The summed E-state index contributed by atoms with van der Waals surface area (Å²) in [6.07, 6.45) is 0. The van der Waals surface area contributed by atoms with Crippen LogP contribution in [0.25, 0.3) is 66.1 Å². The fraction of sp³-hybridized carbons (Fsp3) is 0.0455. The fourth-order valence-electron chi connectivity index (χ4n) is 6.97. The van der Waals surface area contributed by atoms with E-state index >= 15 is 0 Å².